The lowest BCUT2D eigenvalue weighted by Crippen LogP contribution is -1.82. The molecule has 20 heavy (non-hydrogen) atoms. The number of aromatic nitrogens is 1. The third-order valence-electron chi connectivity index (χ3n) is 3.66. The van der Waals surface area contributed by atoms with Gasteiger partial charge in [-0.15, -0.1) is 11.3 Å². The van der Waals surface area contributed by atoms with Crippen molar-refractivity contribution in [2.24, 2.45) is 0 Å². The second-order valence-corrected chi connectivity index (χ2v) is 5.98. The monoisotopic (exact) mass is 275 g/mol. The first kappa shape index (κ1) is 11.6. The normalized spacial score (nSPS) is 11.2. The topological polar surface area (TPSA) is 12.9 Å². The molecule has 2 heteroatoms. The van der Waals surface area contributed by atoms with Crippen LogP contribution in [0.3, 0.4) is 0 Å². The number of thiophene rings is 1. The molecule has 2 aromatic carbocycles. The minimum atomic E-state index is 1.09. The number of pyridine rings is 1. The molecule has 0 fully saturated rings. The van der Waals surface area contributed by atoms with E-state index < -0.39 is 0 Å². The molecule has 0 aliphatic carbocycles. The maximum absolute atomic E-state index is 4.61. The molecule has 0 saturated carbocycles. The standard InChI is InChI=1S/C18H13NS/c1-12-6-5-9-14-15-10-11-19-16(18(15)20-17(12)14)13-7-3-2-4-8-13/h2-11H,1H3. The molecule has 0 amide bonds. The summed E-state index contributed by atoms with van der Waals surface area (Å²) >= 11 is 1.85. The van der Waals surface area contributed by atoms with Gasteiger partial charge in [-0.25, -0.2) is 0 Å². The van der Waals surface area contributed by atoms with Gasteiger partial charge in [0.2, 0.25) is 0 Å². The van der Waals surface area contributed by atoms with E-state index in [9.17, 15) is 0 Å². The van der Waals surface area contributed by atoms with E-state index in [0.29, 0.717) is 0 Å². The van der Waals surface area contributed by atoms with Crippen molar-refractivity contribution >= 4 is 31.5 Å². The van der Waals surface area contributed by atoms with E-state index in [-0.39, 0.29) is 0 Å². The summed E-state index contributed by atoms with van der Waals surface area (Å²) in [6, 6.07) is 19.1. The minimum absolute atomic E-state index is 1.09. The summed E-state index contributed by atoms with van der Waals surface area (Å²) in [5, 5.41) is 2.65. The van der Waals surface area contributed by atoms with Crippen LogP contribution in [-0.4, -0.2) is 4.98 Å². The van der Waals surface area contributed by atoms with Crippen molar-refractivity contribution in [3.05, 3.63) is 66.4 Å². The van der Waals surface area contributed by atoms with Crippen molar-refractivity contribution in [1.29, 1.82) is 0 Å². The van der Waals surface area contributed by atoms with Crippen LogP contribution in [0, 0.1) is 6.92 Å². The number of rotatable bonds is 1. The fraction of sp³-hybridized carbons (Fsp3) is 0.0556. The van der Waals surface area contributed by atoms with Crippen LogP contribution in [0.25, 0.3) is 31.4 Å². The molecular weight excluding hydrogens is 262 g/mol. The first-order chi connectivity index (χ1) is 9.84. The number of benzene rings is 2. The van der Waals surface area contributed by atoms with Gasteiger partial charge in [0.1, 0.15) is 0 Å². The smallest absolute Gasteiger partial charge is 0.0880 e. The Morgan fingerprint density at radius 3 is 2.45 bits per heavy atom. The van der Waals surface area contributed by atoms with Crippen molar-refractivity contribution < 1.29 is 0 Å². The molecule has 0 N–H and O–H groups in total. The lowest BCUT2D eigenvalue weighted by Gasteiger charge is -2.01. The van der Waals surface area contributed by atoms with Gasteiger partial charge in [0.05, 0.1) is 10.4 Å². The maximum atomic E-state index is 4.61. The van der Waals surface area contributed by atoms with Crippen molar-refractivity contribution in [3.8, 4) is 11.3 Å². The molecule has 0 aliphatic rings. The van der Waals surface area contributed by atoms with Crippen LogP contribution in [0.2, 0.25) is 0 Å². The Morgan fingerprint density at radius 1 is 0.800 bits per heavy atom. The number of hydrogen-bond acceptors (Lipinski definition) is 2. The van der Waals surface area contributed by atoms with Crippen molar-refractivity contribution in [3.63, 3.8) is 0 Å². The molecule has 2 aromatic heterocycles. The van der Waals surface area contributed by atoms with Gasteiger partial charge in [-0.05, 0) is 18.6 Å². The maximum Gasteiger partial charge on any atom is 0.0880 e. The number of hydrogen-bond donors (Lipinski definition) is 0. The molecule has 96 valence electrons. The first-order valence-corrected chi connectivity index (χ1v) is 7.48. The highest BCUT2D eigenvalue weighted by molar-refractivity contribution is 7.26. The summed E-state index contributed by atoms with van der Waals surface area (Å²) in [5.41, 5.74) is 3.61. The summed E-state index contributed by atoms with van der Waals surface area (Å²) in [5.74, 6) is 0. The lowest BCUT2D eigenvalue weighted by molar-refractivity contribution is 1.37. The van der Waals surface area contributed by atoms with Gasteiger partial charge >= 0.3 is 0 Å². The van der Waals surface area contributed by atoms with E-state index in [2.05, 4.69) is 60.4 Å². The molecule has 0 atom stereocenters. The van der Waals surface area contributed by atoms with Gasteiger partial charge in [-0.1, -0.05) is 48.5 Å². The largest absolute Gasteiger partial charge is 0.255 e. The Morgan fingerprint density at radius 2 is 1.60 bits per heavy atom. The zero-order chi connectivity index (χ0) is 13.5. The predicted octanol–water partition coefficient (Wildman–Crippen LogP) is 5.42. The molecule has 0 aliphatic heterocycles. The van der Waals surface area contributed by atoms with Crippen molar-refractivity contribution in [2.75, 3.05) is 0 Å². The Labute approximate surface area is 121 Å². The average Bonchev–Trinajstić information content (AvgIpc) is 2.88. The molecule has 4 rings (SSSR count). The minimum Gasteiger partial charge on any atom is -0.255 e. The lowest BCUT2D eigenvalue weighted by atomic mass is 10.1. The van der Waals surface area contributed by atoms with Crippen molar-refractivity contribution in [2.45, 2.75) is 6.92 Å². The fourth-order valence-corrected chi connectivity index (χ4v) is 3.94. The van der Waals surface area contributed by atoms with Gasteiger partial charge in [-0.2, -0.15) is 0 Å². The van der Waals surface area contributed by atoms with Gasteiger partial charge < -0.3 is 0 Å². The summed E-state index contributed by atoms with van der Waals surface area (Å²) in [4.78, 5) is 4.61. The Balaban J connectivity index is 2.14. The second-order valence-electron chi connectivity index (χ2n) is 4.96. The van der Waals surface area contributed by atoms with E-state index in [1.54, 1.807) is 0 Å². The zero-order valence-corrected chi connectivity index (χ0v) is 11.9. The molecule has 0 bridgehead atoms. The molecule has 4 aromatic rings. The quantitative estimate of drug-likeness (QED) is 0.451. The Hall–Kier alpha value is -2.19. The van der Waals surface area contributed by atoms with Gasteiger partial charge in [0.25, 0.3) is 0 Å². The van der Waals surface area contributed by atoms with E-state index in [4.69, 9.17) is 0 Å². The van der Waals surface area contributed by atoms with Crippen LogP contribution in [-0.2, 0) is 0 Å². The van der Waals surface area contributed by atoms with Gasteiger partial charge in [0, 0.05) is 27.2 Å². The Kier molecular flexibility index (Phi) is 2.57. The zero-order valence-electron chi connectivity index (χ0n) is 11.1. The van der Waals surface area contributed by atoms with E-state index in [1.807, 2.05) is 23.6 Å². The van der Waals surface area contributed by atoms with Crippen LogP contribution < -0.4 is 0 Å². The van der Waals surface area contributed by atoms with Crippen molar-refractivity contribution in [1.82, 2.24) is 4.98 Å². The van der Waals surface area contributed by atoms with Crippen LogP contribution in [0.5, 0.6) is 0 Å². The van der Waals surface area contributed by atoms with E-state index >= 15 is 0 Å². The predicted molar refractivity (Wildman–Crippen MR) is 87.3 cm³/mol. The molecule has 1 nitrogen and oxygen atoms in total. The van der Waals surface area contributed by atoms with Crippen LogP contribution in [0.4, 0.5) is 0 Å². The highest BCUT2D eigenvalue weighted by Crippen LogP contribution is 2.39. The van der Waals surface area contributed by atoms with Gasteiger partial charge in [0.15, 0.2) is 0 Å². The van der Waals surface area contributed by atoms with E-state index in [1.165, 1.54) is 31.3 Å². The summed E-state index contributed by atoms with van der Waals surface area (Å²) in [6.07, 6.45) is 1.92. The number of nitrogens with zero attached hydrogens (tertiary/aromatic N) is 1. The van der Waals surface area contributed by atoms with Gasteiger partial charge in [-0.3, -0.25) is 4.98 Å². The average molecular weight is 275 g/mol. The third kappa shape index (κ3) is 1.65. The molecule has 0 saturated heterocycles. The number of aryl methyl sites for hydroxylation is 1. The second kappa shape index (κ2) is 4.43. The SMILES string of the molecule is Cc1cccc2c1sc1c(-c3ccccc3)nccc12. The number of fused-ring (bicyclic) bond motifs is 3. The highest BCUT2D eigenvalue weighted by Gasteiger charge is 2.11. The van der Waals surface area contributed by atoms with Crippen LogP contribution in [0.15, 0.2) is 60.8 Å². The van der Waals surface area contributed by atoms with E-state index in [0.717, 1.165) is 5.69 Å². The summed E-state index contributed by atoms with van der Waals surface area (Å²) in [7, 11) is 0. The highest BCUT2D eigenvalue weighted by atomic mass is 32.1. The van der Waals surface area contributed by atoms with Crippen LogP contribution in [0.1, 0.15) is 5.56 Å². The molecular formula is C18H13NS. The third-order valence-corrected chi connectivity index (χ3v) is 5.02. The Bertz CT molecular complexity index is 907. The van der Waals surface area contributed by atoms with Crippen LogP contribution >= 0.6 is 11.3 Å². The summed E-state index contributed by atoms with van der Waals surface area (Å²) in [6.45, 7) is 2.17. The molecule has 0 spiro atoms. The first-order valence-electron chi connectivity index (χ1n) is 6.67. The summed E-state index contributed by atoms with van der Waals surface area (Å²) < 4.78 is 2.65. The molecule has 0 unspecified atom stereocenters. The fourth-order valence-electron chi connectivity index (χ4n) is 2.67. The molecule has 0 radical (unpaired) electrons. The molecule has 2 heterocycles.